The van der Waals surface area contributed by atoms with E-state index in [1.165, 1.54) is 0 Å². The van der Waals surface area contributed by atoms with E-state index in [0.717, 1.165) is 5.56 Å². The zero-order valence-electron chi connectivity index (χ0n) is 11.0. The molecule has 1 heterocycles. The summed E-state index contributed by atoms with van der Waals surface area (Å²) in [5, 5.41) is 0. The predicted octanol–water partition coefficient (Wildman–Crippen LogP) is 0.364. The van der Waals surface area contributed by atoms with Gasteiger partial charge < -0.3 is 10.5 Å². The molecule has 1 aromatic rings. The molecule has 1 atom stereocenters. The maximum Gasteiger partial charge on any atom is 0.237 e. The molecule has 0 saturated carbocycles. The lowest BCUT2D eigenvalue weighted by atomic mass is 10.1. The van der Waals surface area contributed by atoms with Crippen molar-refractivity contribution in [2.45, 2.75) is 13.0 Å². The lowest BCUT2D eigenvalue weighted by molar-refractivity contribution is -0.128. The van der Waals surface area contributed by atoms with Crippen molar-refractivity contribution in [3.8, 4) is 0 Å². The molecule has 1 aliphatic heterocycles. The van der Waals surface area contributed by atoms with Gasteiger partial charge in [0.05, 0.1) is 19.8 Å². The van der Waals surface area contributed by atoms with Gasteiger partial charge in [-0.1, -0.05) is 29.8 Å². The first-order valence-electron chi connectivity index (χ1n) is 6.29. The van der Waals surface area contributed by atoms with Crippen LogP contribution in [0.1, 0.15) is 15.9 Å². The second kappa shape index (κ2) is 5.95. The van der Waals surface area contributed by atoms with Crippen molar-refractivity contribution >= 4 is 11.7 Å². The van der Waals surface area contributed by atoms with Crippen LogP contribution in [-0.2, 0) is 9.53 Å². The largest absolute Gasteiger partial charge is 0.378 e. The van der Waals surface area contributed by atoms with Gasteiger partial charge in [0.25, 0.3) is 0 Å². The van der Waals surface area contributed by atoms with E-state index in [9.17, 15) is 9.59 Å². The third-order valence-electron chi connectivity index (χ3n) is 3.29. The van der Waals surface area contributed by atoms with Crippen LogP contribution in [0.15, 0.2) is 24.3 Å². The molecule has 0 radical (unpaired) electrons. The molecule has 102 valence electrons. The Kier molecular flexibility index (Phi) is 4.29. The highest BCUT2D eigenvalue weighted by atomic mass is 16.5. The third-order valence-corrected chi connectivity index (χ3v) is 3.29. The Morgan fingerprint density at radius 3 is 2.68 bits per heavy atom. The Balaban J connectivity index is 2.04. The Morgan fingerprint density at radius 2 is 2.05 bits per heavy atom. The Bertz CT molecular complexity index is 470. The number of Topliss-reactive ketones (excluding diaryl/α,β-unsaturated/α-hetero) is 1. The normalized spacial score (nSPS) is 20.2. The first-order valence-corrected chi connectivity index (χ1v) is 6.29. The van der Waals surface area contributed by atoms with Crippen LogP contribution < -0.4 is 5.73 Å². The smallest absolute Gasteiger partial charge is 0.237 e. The fraction of sp³-hybridized carbons (Fsp3) is 0.429. The minimum absolute atomic E-state index is 0.00634. The zero-order chi connectivity index (χ0) is 13.8. The van der Waals surface area contributed by atoms with E-state index in [-0.39, 0.29) is 18.9 Å². The van der Waals surface area contributed by atoms with Gasteiger partial charge in [-0.3, -0.25) is 14.5 Å². The van der Waals surface area contributed by atoms with Crippen molar-refractivity contribution in [1.29, 1.82) is 0 Å². The van der Waals surface area contributed by atoms with Gasteiger partial charge in [-0.05, 0) is 6.92 Å². The van der Waals surface area contributed by atoms with E-state index in [1.54, 1.807) is 17.0 Å². The van der Waals surface area contributed by atoms with Crippen molar-refractivity contribution in [3.63, 3.8) is 0 Å². The number of amides is 1. The summed E-state index contributed by atoms with van der Waals surface area (Å²) in [5.41, 5.74) is 7.08. The molecule has 0 spiro atoms. The molecule has 5 nitrogen and oxygen atoms in total. The summed E-state index contributed by atoms with van der Waals surface area (Å²) in [6, 6.07) is 6.90. The number of hydrogen-bond acceptors (Lipinski definition) is 4. The molecule has 19 heavy (non-hydrogen) atoms. The monoisotopic (exact) mass is 262 g/mol. The van der Waals surface area contributed by atoms with Gasteiger partial charge in [0.1, 0.15) is 6.04 Å². The molecule has 0 aliphatic carbocycles. The van der Waals surface area contributed by atoms with Gasteiger partial charge in [0.15, 0.2) is 5.78 Å². The lowest BCUT2D eigenvalue weighted by Gasteiger charge is -2.32. The molecule has 1 aromatic carbocycles. The van der Waals surface area contributed by atoms with Crippen LogP contribution in [-0.4, -0.2) is 48.9 Å². The number of ketones is 1. The summed E-state index contributed by atoms with van der Waals surface area (Å²) in [6.45, 7) is 3.49. The Morgan fingerprint density at radius 1 is 1.37 bits per heavy atom. The number of morpholine rings is 1. The average Bonchev–Trinajstić information content (AvgIpc) is 2.39. The SMILES string of the molecule is Cc1ccc(C(=O)CN2CCOCC2C(N)=O)cc1. The number of ether oxygens (including phenoxy) is 1. The number of carbonyl (C=O) groups is 2. The molecule has 1 fully saturated rings. The van der Waals surface area contributed by atoms with Crippen molar-refractivity contribution in [1.82, 2.24) is 4.90 Å². The molecule has 2 rings (SSSR count). The number of aryl methyl sites for hydroxylation is 1. The minimum Gasteiger partial charge on any atom is -0.378 e. The predicted molar refractivity (Wildman–Crippen MR) is 70.9 cm³/mol. The highest BCUT2D eigenvalue weighted by molar-refractivity contribution is 5.98. The number of primary amides is 1. The molecule has 0 bridgehead atoms. The highest BCUT2D eigenvalue weighted by Crippen LogP contribution is 2.10. The maximum atomic E-state index is 12.2. The zero-order valence-corrected chi connectivity index (χ0v) is 11.0. The summed E-state index contributed by atoms with van der Waals surface area (Å²) in [4.78, 5) is 25.3. The quantitative estimate of drug-likeness (QED) is 0.795. The average molecular weight is 262 g/mol. The van der Waals surface area contributed by atoms with Crippen molar-refractivity contribution in [2.24, 2.45) is 5.73 Å². The number of nitrogens with two attached hydrogens (primary N) is 1. The first kappa shape index (κ1) is 13.7. The van der Waals surface area contributed by atoms with Crippen LogP contribution in [0.25, 0.3) is 0 Å². The summed E-state index contributed by atoms with van der Waals surface area (Å²) in [5.74, 6) is -0.454. The van der Waals surface area contributed by atoms with Gasteiger partial charge in [-0.2, -0.15) is 0 Å². The van der Waals surface area contributed by atoms with E-state index < -0.39 is 11.9 Å². The summed E-state index contributed by atoms with van der Waals surface area (Å²) in [6.07, 6.45) is 0. The first-order chi connectivity index (χ1) is 9.08. The summed E-state index contributed by atoms with van der Waals surface area (Å²) in [7, 11) is 0. The van der Waals surface area contributed by atoms with Crippen LogP contribution in [0.2, 0.25) is 0 Å². The van der Waals surface area contributed by atoms with Gasteiger partial charge in [0, 0.05) is 12.1 Å². The molecule has 1 amide bonds. The van der Waals surface area contributed by atoms with E-state index in [0.29, 0.717) is 18.7 Å². The Hall–Kier alpha value is -1.72. The summed E-state index contributed by atoms with van der Waals surface area (Å²) < 4.78 is 5.22. The number of hydrogen-bond donors (Lipinski definition) is 1. The fourth-order valence-electron chi connectivity index (χ4n) is 2.10. The molecular formula is C14H18N2O3. The van der Waals surface area contributed by atoms with Crippen LogP contribution in [0.4, 0.5) is 0 Å². The Labute approximate surface area is 112 Å². The van der Waals surface area contributed by atoms with Gasteiger partial charge >= 0.3 is 0 Å². The summed E-state index contributed by atoms with van der Waals surface area (Å²) >= 11 is 0. The minimum atomic E-state index is -0.511. The molecule has 0 aromatic heterocycles. The van der Waals surface area contributed by atoms with Gasteiger partial charge in [-0.15, -0.1) is 0 Å². The molecule has 5 heteroatoms. The standard InChI is InChI=1S/C14H18N2O3/c1-10-2-4-11(5-3-10)13(17)8-16-6-7-19-9-12(16)14(15)18/h2-5,12H,6-9H2,1H3,(H2,15,18). The molecule has 2 N–H and O–H groups in total. The third kappa shape index (κ3) is 3.39. The van der Waals surface area contributed by atoms with Crippen molar-refractivity contribution in [3.05, 3.63) is 35.4 Å². The molecule has 1 aliphatic rings. The molecule has 1 unspecified atom stereocenters. The van der Waals surface area contributed by atoms with E-state index in [4.69, 9.17) is 10.5 Å². The van der Waals surface area contributed by atoms with Gasteiger partial charge in [0.2, 0.25) is 5.91 Å². The number of carbonyl (C=O) groups excluding carboxylic acids is 2. The van der Waals surface area contributed by atoms with Crippen molar-refractivity contribution in [2.75, 3.05) is 26.3 Å². The van der Waals surface area contributed by atoms with Crippen LogP contribution in [0.3, 0.4) is 0 Å². The topological polar surface area (TPSA) is 72.6 Å². The second-order valence-electron chi connectivity index (χ2n) is 4.75. The number of rotatable bonds is 4. The lowest BCUT2D eigenvalue weighted by Crippen LogP contribution is -2.53. The van der Waals surface area contributed by atoms with E-state index >= 15 is 0 Å². The molecule has 1 saturated heterocycles. The van der Waals surface area contributed by atoms with Crippen LogP contribution in [0.5, 0.6) is 0 Å². The fourth-order valence-corrected chi connectivity index (χ4v) is 2.10. The number of benzene rings is 1. The van der Waals surface area contributed by atoms with E-state index in [1.807, 2.05) is 19.1 Å². The second-order valence-corrected chi connectivity index (χ2v) is 4.75. The van der Waals surface area contributed by atoms with Crippen LogP contribution in [0, 0.1) is 6.92 Å². The van der Waals surface area contributed by atoms with Crippen molar-refractivity contribution < 1.29 is 14.3 Å². The maximum absolute atomic E-state index is 12.2. The van der Waals surface area contributed by atoms with E-state index in [2.05, 4.69) is 0 Å². The van der Waals surface area contributed by atoms with Gasteiger partial charge in [-0.25, -0.2) is 0 Å². The number of nitrogens with zero attached hydrogens (tertiary/aromatic N) is 1. The highest BCUT2D eigenvalue weighted by Gasteiger charge is 2.29. The molecular weight excluding hydrogens is 244 g/mol. The van der Waals surface area contributed by atoms with Crippen LogP contribution >= 0.6 is 0 Å².